The molecule has 104 valence electrons. The molecule has 1 aliphatic rings. The number of rotatable bonds is 1. The average Bonchev–Trinajstić information content (AvgIpc) is 2.65. The Morgan fingerprint density at radius 3 is 2.28 bits per heavy atom. The number of carbonyl (C=O) groups is 1. The molecular formula is C14H27N3O. The summed E-state index contributed by atoms with van der Waals surface area (Å²) in [7, 11) is 0. The minimum absolute atomic E-state index is 0. The predicted molar refractivity (Wildman–Crippen MR) is 75.7 cm³/mol. The molecule has 0 saturated heterocycles. The lowest BCUT2D eigenvalue weighted by Gasteiger charge is -2.19. The zero-order valence-electron chi connectivity index (χ0n) is 9.56. The van der Waals surface area contributed by atoms with Crippen molar-refractivity contribution in [1.29, 1.82) is 0 Å². The topological polar surface area (TPSA) is 60.9 Å². The first kappa shape index (κ1) is 16.7. The van der Waals surface area contributed by atoms with Crippen LogP contribution in [0.3, 0.4) is 0 Å². The smallest absolute Gasteiger partial charge is 0.324 e. The first-order valence-electron chi connectivity index (χ1n) is 6.12. The molecule has 0 bridgehead atoms. The standard InChI is InChI=1S/C12H19N3O.2CH4/c13-12(16)15-9-8-14-11(15)10-6-4-2-1-3-5-7-10;;/h8-10H,1-7H2,(H2,13,16);2*1H4. The van der Waals surface area contributed by atoms with Crippen molar-refractivity contribution in [2.24, 2.45) is 5.73 Å². The second-order valence-electron chi connectivity index (χ2n) is 4.54. The third kappa shape index (κ3) is 3.86. The van der Waals surface area contributed by atoms with Gasteiger partial charge in [-0.2, -0.15) is 0 Å². The summed E-state index contributed by atoms with van der Waals surface area (Å²) in [6.07, 6.45) is 12.0. The van der Waals surface area contributed by atoms with E-state index in [1.165, 1.54) is 36.7 Å². The van der Waals surface area contributed by atoms with Crippen LogP contribution >= 0.6 is 0 Å². The number of nitrogens with two attached hydrogens (primary N) is 1. The average molecular weight is 253 g/mol. The number of carbonyl (C=O) groups excluding carboxylic acids is 1. The van der Waals surface area contributed by atoms with Crippen molar-refractivity contribution in [1.82, 2.24) is 9.55 Å². The van der Waals surface area contributed by atoms with E-state index >= 15 is 0 Å². The van der Waals surface area contributed by atoms with E-state index < -0.39 is 6.03 Å². The van der Waals surface area contributed by atoms with E-state index in [4.69, 9.17) is 5.73 Å². The first-order valence-corrected chi connectivity index (χ1v) is 6.12. The van der Waals surface area contributed by atoms with Gasteiger partial charge in [-0.3, -0.25) is 4.57 Å². The van der Waals surface area contributed by atoms with Crippen molar-refractivity contribution in [3.05, 3.63) is 18.2 Å². The van der Waals surface area contributed by atoms with Crippen molar-refractivity contribution in [2.75, 3.05) is 0 Å². The molecule has 1 heterocycles. The van der Waals surface area contributed by atoms with Crippen LogP contribution in [0.1, 0.15) is 71.5 Å². The number of imidazole rings is 1. The van der Waals surface area contributed by atoms with E-state index in [0.717, 1.165) is 18.7 Å². The van der Waals surface area contributed by atoms with Crippen molar-refractivity contribution < 1.29 is 4.79 Å². The lowest BCUT2D eigenvalue weighted by atomic mass is 9.90. The Balaban J connectivity index is 0.00000144. The molecule has 0 atom stereocenters. The summed E-state index contributed by atoms with van der Waals surface area (Å²) in [5.41, 5.74) is 5.32. The van der Waals surface area contributed by atoms with Crippen LogP contribution in [-0.2, 0) is 0 Å². The van der Waals surface area contributed by atoms with Crippen LogP contribution < -0.4 is 5.73 Å². The van der Waals surface area contributed by atoms with E-state index in [9.17, 15) is 4.79 Å². The summed E-state index contributed by atoms with van der Waals surface area (Å²) >= 11 is 0. The molecule has 1 amide bonds. The van der Waals surface area contributed by atoms with Gasteiger partial charge in [0, 0.05) is 18.3 Å². The van der Waals surface area contributed by atoms with Crippen LogP contribution in [0.2, 0.25) is 0 Å². The fourth-order valence-electron chi connectivity index (χ4n) is 2.52. The van der Waals surface area contributed by atoms with Gasteiger partial charge in [-0.1, -0.05) is 47.0 Å². The minimum Gasteiger partial charge on any atom is -0.351 e. The van der Waals surface area contributed by atoms with Gasteiger partial charge in [-0.05, 0) is 12.8 Å². The third-order valence-electron chi connectivity index (χ3n) is 3.38. The van der Waals surface area contributed by atoms with E-state index in [1.54, 1.807) is 12.4 Å². The largest absolute Gasteiger partial charge is 0.351 e. The fourth-order valence-corrected chi connectivity index (χ4v) is 2.52. The lowest BCUT2D eigenvalue weighted by Crippen LogP contribution is -2.23. The number of hydrogen-bond donors (Lipinski definition) is 1. The highest BCUT2D eigenvalue weighted by molar-refractivity contribution is 5.75. The quantitative estimate of drug-likeness (QED) is 0.824. The molecule has 0 aliphatic heterocycles. The summed E-state index contributed by atoms with van der Waals surface area (Å²) in [6, 6.07) is -0.422. The number of aromatic nitrogens is 2. The molecule has 1 aromatic heterocycles. The highest BCUT2D eigenvalue weighted by Gasteiger charge is 2.19. The molecule has 1 aliphatic carbocycles. The summed E-state index contributed by atoms with van der Waals surface area (Å²) in [6.45, 7) is 0. The summed E-state index contributed by atoms with van der Waals surface area (Å²) in [5.74, 6) is 1.26. The molecule has 0 spiro atoms. The Morgan fingerprint density at radius 1 is 1.17 bits per heavy atom. The Morgan fingerprint density at radius 2 is 1.72 bits per heavy atom. The van der Waals surface area contributed by atoms with Crippen LogP contribution in [0.25, 0.3) is 0 Å². The van der Waals surface area contributed by atoms with Gasteiger partial charge in [0.25, 0.3) is 0 Å². The maximum absolute atomic E-state index is 11.2. The lowest BCUT2D eigenvalue weighted by molar-refractivity contribution is 0.249. The monoisotopic (exact) mass is 253 g/mol. The molecule has 18 heavy (non-hydrogen) atoms. The van der Waals surface area contributed by atoms with E-state index in [2.05, 4.69) is 4.98 Å². The Hall–Kier alpha value is -1.32. The number of nitrogens with zero attached hydrogens (tertiary/aromatic N) is 2. The fraction of sp³-hybridized carbons (Fsp3) is 0.714. The SMILES string of the molecule is C.C.NC(=O)n1ccnc1C1CCCCCCC1. The van der Waals surface area contributed by atoms with Gasteiger partial charge in [-0.15, -0.1) is 0 Å². The Kier molecular flexibility index (Phi) is 7.32. The van der Waals surface area contributed by atoms with Crippen molar-refractivity contribution in [2.45, 2.75) is 65.7 Å². The summed E-state index contributed by atoms with van der Waals surface area (Å²) in [5, 5.41) is 0. The van der Waals surface area contributed by atoms with Gasteiger partial charge < -0.3 is 5.73 Å². The van der Waals surface area contributed by atoms with Crippen LogP contribution in [0.4, 0.5) is 4.79 Å². The highest BCUT2D eigenvalue weighted by Crippen LogP contribution is 2.29. The Labute approximate surface area is 111 Å². The summed E-state index contributed by atoms with van der Waals surface area (Å²) in [4.78, 5) is 15.5. The number of hydrogen-bond acceptors (Lipinski definition) is 2. The van der Waals surface area contributed by atoms with Crippen LogP contribution in [-0.4, -0.2) is 15.6 Å². The van der Waals surface area contributed by atoms with Gasteiger partial charge in [0.2, 0.25) is 0 Å². The highest BCUT2D eigenvalue weighted by atomic mass is 16.2. The zero-order chi connectivity index (χ0) is 11.4. The van der Waals surface area contributed by atoms with Crippen LogP contribution in [0.15, 0.2) is 12.4 Å². The zero-order valence-corrected chi connectivity index (χ0v) is 9.56. The minimum atomic E-state index is -0.422. The molecule has 0 unspecified atom stereocenters. The predicted octanol–water partition coefficient (Wildman–Crippen LogP) is 3.91. The van der Waals surface area contributed by atoms with E-state index in [0.29, 0.717) is 5.92 Å². The molecule has 1 saturated carbocycles. The van der Waals surface area contributed by atoms with Gasteiger partial charge in [0.05, 0.1) is 0 Å². The molecule has 1 aromatic rings. The van der Waals surface area contributed by atoms with Gasteiger partial charge >= 0.3 is 6.03 Å². The van der Waals surface area contributed by atoms with Crippen molar-refractivity contribution >= 4 is 6.03 Å². The molecule has 4 heteroatoms. The molecule has 0 radical (unpaired) electrons. The van der Waals surface area contributed by atoms with E-state index in [-0.39, 0.29) is 14.9 Å². The van der Waals surface area contributed by atoms with Crippen LogP contribution in [0, 0.1) is 0 Å². The van der Waals surface area contributed by atoms with Crippen LogP contribution in [0.5, 0.6) is 0 Å². The third-order valence-corrected chi connectivity index (χ3v) is 3.38. The maximum Gasteiger partial charge on any atom is 0.324 e. The van der Waals surface area contributed by atoms with Gasteiger partial charge in [-0.25, -0.2) is 9.78 Å². The molecule has 4 nitrogen and oxygen atoms in total. The van der Waals surface area contributed by atoms with Crippen molar-refractivity contribution in [3.8, 4) is 0 Å². The van der Waals surface area contributed by atoms with Gasteiger partial charge in [0.1, 0.15) is 5.82 Å². The van der Waals surface area contributed by atoms with Gasteiger partial charge in [0.15, 0.2) is 0 Å². The van der Waals surface area contributed by atoms with E-state index in [1.807, 2.05) is 0 Å². The second kappa shape index (κ2) is 7.90. The summed E-state index contributed by atoms with van der Waals surface area (Å²) < 4.78 is 1.49. The maximum atomic E-state index is 11.2. The molecule has 0 aromatic carbocycles. The molecule has 2 rings (SSSR count). The normalized spacial score (nSPS) is 16.9. The first-order chi connectivity index (χ1) is 7.79. The Bertz CT molecular complexity index is 352. The molecular weight excluding hydrogens is 226 g/mol. The van der Waals surface area contributed by atoms with Crippen molar-refractivity contribution in [3.63, 3.8) is 0 Å². The molecule has 2 N–H and O–H groups in total. The molecule has 1 fully saturated rings. The number of primary amides is 1. The second-order valence-corrected chi connectivity index (χ2v) is 4.54. The number of amides is 1.